The van der Waals surface area contributed by atoms with E-state index in [0.717, 1.165) is 4.47 Å². The average Bonchev–Trinajstić information content (AvgIpc) is 2.74. The molecule has 0 bridgehead atoms. The van der Waals surface area contributed by atoms with E-state index in [-0.39, 0.29) is 10.6 Å². The first-order chi connectivity index (χ1) is 14.9. The maximum Gasteiger partial charge on any atom is 0.345 e. The molecule has 0 aliphatic carbocycles. The number of hydrogen-bond acceptors (Lipinski definition) is 5. The van der Waals surface area contributed by atoms with Crippen LogP contribution in [0.25, 0.3) is 0 Å². The Hall–Kier alpha value is -2.87. The Morgan fingerprint density at radius 3 is 2.42 bits per heavy atom. The van der Waals surface area contributed by atoms with Gasteiger partial charge in [0, 0.05) is 9.50 Å². The number of hydrogen-bond donors (Lipinski definition) is 1. The molecule has 31 heavy (non-hydrogen) atoms. The lowest BCUT2D eigenvalue weighted by Crippen LogP contribution is -2.18. The van der Waals surface area contributed by atoms with Crippen LogP contribution in [0.4, 0.5) is 0 Å². The molecule has 0 saturated heterocycles. The van der Waals surface area contributed by atoms with Gasteiger partial charge in [0.25, 0.3) is 5.91 Å². The number of carbonyl (C=O) groups is 2. The summed E-state index contributed by atoms with van der Waals surface area (Å²) in [7, 11) is 1.48. The summed E-state index contributed by atoms with van der Waals surface area (Å²) in [5.41, 5.74) is 3.69. The second kappa shape index (κ2) is 10.4. The van der Waals surface area contributed by atoms with Crippen LogP contribution in [0, 0.1) is 0 Å². The molecule has 0 radical (unpaired) electrons. The minimum atomic E-state index is -0.599. The van der Waals surface area contributed by atoms with Gasteiger partial charge in [0.05, 0.1) is 29.5 Å². The first kappa shape index (κ1) is 22.8. The van der Waals surface area contributed by atoms with Crippen molar-refractivity contribution in [3.8, 4) is 11.5 Å². The van der Waals surface area contributed by atoms with E-state index >= 15 is 0 Å². The first-order valence-electron chi connectivity index (χ1n) is 8.81. The number of amides is 1. The predicted octanol–water partition coefficient (Wildman–Crippen LogP) is 5.75. The lowest BCUT2D eigenvalue weighted by Gasteiger charge is -2.07. The van der Waals surface area contributed by atoms with E-state index in [4.69, 9.17) is 32.7 Å². The van der Waals surface area contributed by atoms with Crippen molar-refractivity contribution >= 4 is 57.2 Å². The number of hydrazone groups is 1. The fourth-order valence-corrected chi connectivity index (χ4v) is 3.37. The van der Waals surface area contributed by atoms with Crippen LogP contribution < -0.4 is 14.9 Å². The van der Waals surface area contributed by atoms with E-state index in [9.17, 15) is 9.59 Å². The highest BCUT2D eigenvalue weighted by molar-refractivity contribution is 9.10. The molecular weight excluding hydrogens is 507 g/mol. The summed E-state index contributed by atoms with van der Waals surface area (Å²) in [6.45, 7) is 0. The van der Waals surface area contributed by atoms with Crippen LogP contribution in [0.3, 0.4) is 0 Å². The zero-order valence-electron chi connectivity index (χ0n) is 16.1. The monoisotopic (exact) mass is 520 g/mol. The van der Waals surface area contributed by atoms with Crippen LogP contribution in [0.1, 0.15) is 26.3 Å². The number of carbonyl (C=O) groups excluding carboxylic acids is 2. The van der Waals surface area contributed by atoms with Crippen molar-refractivity contribution < 1.29 is 19.1 Å². The maximum absolute atomic E-state index is 12.3. The Labute approximate surface area is 196 Å². The van der Waals surface area contributed by atoms with Crippen molar-refractivity contribution in [2.24, 2.45) is 5.10 Å². The first-order valence-corrected chi connectivity index (χ1v) is 10.4. The Balaban J connectivity index is 1.61. The van der Waals surface area contributed by atoms with Gasteiger partial charge in [-0.25, -0.2) is 10.2 Å². The SMILES string of the molecule is COc1ccc(Br)cc1C(=O)N/N=C\c1ccc(OC(=O)c2ccc(Cl)cc2Cl)cc1. The third kappa shape index (κ3) is 6.07. The minimum absolute atomic E-state index is 0.207. The maximum atomic E-state index is 12.3. The molecule has 6 nitrogen and oxygen atoms in total. The second-order valence-corrected chi connectivity index (χ2v) is 7.89. The minimum Gasteiger partial charge on any atom is -0.496 e. The summed E-state index contributed by atoms with van der Waals surface area (Å²) < 4.78 is 11.2. The van der Waals surface area contributed by atoms with Gasteiger partial charge in [-0.3, -0.25) is 4.79 Å². The van der Waals surface area contributed by atoms with Gasteiger partial charge in [-0.1, -0.05) is 39.1 Å². The van der Waals surface area contributed by atoms with Gasteiger partial charge in [0.2, 0.25) is 0 Å². The number of methoxy groups -OCH3 is 1. The largest absolute Gasteiger partial charge is 0.496 e. The van der Waals surface area contributed by atoms with Crippen molar-refractivity contribution in [1.82, 2.24) is 5.43 Å². The van der Waals surface area contributed by atoms with E-state index in [1.165, 1.54) is 25.5 Å². The molecule has 0 fully saturated rings. The van der Waals surface area contributed by atoms with Crippen molar-refractivity contribution in [2.45, 2.75) is 0 Å². The topological polar surface area (TPSA) is 77.0 Å². The van der Waals surface area contributed by atoms with Crippen molar-refractivity contribution in [1.29, 1.82) is 0 Å². The van der Waals surface area contributed by atoms with Crippen molar-refractivity contribution in [2.75, 3.05) is 7.11 Å². The van der Waals surface area contributed by atoms with Gasteiger partial charge in [0.15, 0.2) is 0 Å². The Kier molecular flexibility index (Phi) is 7.68. The normalized spacial score (nSPS) is 10.7. The van der Waals surface area contributed by atoms with Gasteiger partial charge in [0.1, 0.15) is 11.5 Å². The highest BCUT2D eigenvalue weighted by Crippen LogP contribution is 2.24. The van der Waals surface area contributed by atoms with E-state index in [2.05, 4.69) is 26.5 Å². The standard InChI is InChI=1S/C22H15BrCl2N2O4/c1-30-20-9-4-14(23)10-18(20)21(28)27-26-12-13-2-6-16(7-3-13)31-22(29)17-8-5-15(24)11-19(17)25/h2-12H,1H3,(H,27,28)/b26-12-. The number of halogens is 3. The molecule has 0 atom stereocenters. The molecule has 158 valence electrons. The second-order valence-electron chi connectivity index (χ2n) is 6.13. The quantitative estimate of drug-likeness (QED) is 0.194. The molecule has 0 saturated carbocycles. The van der Waals surface area contributed by atoms with E-state index < -0.39 is 11.9 Å². The van der Waals surface area contributed by atoms with Crippen LogP contribution in [0.15, 0.2) is 70.2 Å². The van der Waals surface area contributed by atoms with Crippen LogP contribution in [0.5, 0.6) is 11.5 Å². The zero-order chi connectivity index (χ0) is 22.4. The molecule has 0 unspecified atom stereocenters. The molecule has 3 aromatic rings. The molecule has 9 heteroatoms. The number of ether oxygens (including phenoxy) is 2. The molecule has 0 heterocycles. The van der Waals surface area contributed by atoms with Gasteiger partial charge >= 0.3 is 5.97 Å². The van der Waals surface area contributed by atoms with Crippen LogP contribution in [-0.4, -0.2) is 25.2 Å². The third-order valence-corrected chi connectivity index (χ3v) is 5.07. The zero-order valence-corrected chi connectivity index (χ0v) is 19.2. The molecular formula is C22H15BrCl2N2O4. The third-order valence-electron chi connectivity index (χ3n) is 4.03. The predicted molar refractivity (Wildman–Crippen MR) is 124 cm³/mol. The van der Waals surface area contributed by atoms with Crippen molar-refractivity contribution in [3.63, 3.8) is 0 Å². The number of rotatable bonds is 6. The van der Waals surface area contributed by atoms with Gasteiger partial charge in [-0.2, -0.15) is 5.10 Å². The Bertz CT molecular complexity index is 1150. The number of esters is 1. The molecule has 3 aromatic carbocycles. The Morgan fingerprint density at radius 2 is 1.74 bits per heavy atom. The lowest BCUT2D eigenvalue weighted by molar-refractivity contribution is 0.0734. The number of nitrogens with one attached hydrogen (secondary N) is 1. The smallest absolute Gasteiger partial charge is 0.345 e. The average molecular weight is 522 g/mol. The van der Waals surface area contributed by atoms with Gasteiger partial charge < -0.3 is 9.47 Å². The highest BCUT2D eigenvalue weighted by Gasteiger charge is 2.14. The fourth-order valence-electron chi connectivity index (χ4n) is 2.52. The Morgan fingerprint density at radius 1 is 1.00 bits per heavy atom. The summed E-state index contributed by atoms with van der Waals surface area (Å²) in [6, 6.07) is 16.2. The summed E-state index contributed by atoms with van der Waals surface area (Å²) >= 11 is 15.2. The summed E-state index contributed by atoms with van der Waals surface area (Å²) in [5.74, 6) is -0.253. The fraction of sp³-hybridized carbons (Fsp3) is 0.0455. The lowest BCUT2D eigenvalue weighted by atomic mass is 10.2. The summed E-state index contributed by atoms with van der Waals surface area (Å²) in [4.78, 5) is 24.6. The molecule has 0 aliphatic rings. The van der Waals surface area contributed by atoms with Crippen LogP contribution in [-0.2, 0) is 0 Å². The number of nitrogens with zero attached hydrogens (tertiary/aromatic N) is 1. The molecule has 1 amide bonds. The van der Waals surface area contributed by atoms with Crippen LogP contribution in [0.2, 0.25) is 10.0 Å². The summed E-state index contributed by atoms with van der Waals surface area (Å²) in [5, 5.41) is 4.58. The molecule has 0 aliphatic heterocycles. The van der Waals surface area contributed by atoms with Crippen LogP contribution >= 0.6 is 39.1 Å². The van der Waals surface area contributed by atoms with Crippen molar-refractivity contribution in [3.05, 3.63) is 91.9 Å². The van der Waals surface area contributed by atoms with E-state index in [1.54, 1.807) is 48.5 Å². The van der Waals surface area contributed by atoms with Gasteiger partial charge in [-0.15, -0.1) is 0 Å². The number of benzene rings is 3. The molecule has 0 aromatic heterocycles. The highest BCUT2D eigenvalue weighted by atomic mass is 79.9. The van der Waals surface area contributed by atoms with Gasteiger partial charge in [-0.05, 0) is 66.2 Å². The molecule has 3 rings (SSSR count). The van der Waals surface area contributed by atoms with E-state index in [0.29, 0.717) is 27.6 Å². The summed E-state index contributed by atoms with van der Waals surface area (Å²) in [6.07, 6.45) is 1.46. The molecule has 1 N–H and O–H groups in total. The molecule has 0 spiro atoms. The van der Waals surface area contributed by atoms with E-state index in [1.807, 2.05) is 0 Å².